The van der Waals surface area contributed by atoms with Gasteiger partial charge < -0.3 is 10.6 Å². The third kappa shape index (κ3) is 6.05. The Morgan fingerprint density at radius 3 is 2.23 bits per heavy atom. The summed E-state index contributed by atoms with van der Waals surface area (Å²) < 4.78 is 0. The fourth-order valence-corrected chi connectivity index (χ4v) is 1.47. The molecule has 0 aliphatic rings. The number of unbranched alkanes of at least 4 members (excludes halogenated alkanes) is 1. The maximum atomic E-state index is 5.52. The first-order chi connectivity index (χ1) is 6.26. The van der Waals surface area contributed by atoms with Gasteiger partial charge in [0.25, 0.3) is 0 Å². The van der Waals surface area contributed by atoms with Crippen LogP contribution in [0.15, 0.2) is 0 Å². The van der Waals surface area contributed by atoms with Crippen molar-refractivity contribution < 1.29 is 0 Å². The SMILES string of the molecule is CCCCN(CCCN)C(C)CC. The minimum absolute atomic E-state index is 0.720. The van der Waals surface area contributed by atoms with Gasteiger partial charge in [-0.05, 0) is 45.8 Å². The van der Waals surface area contributed by atoms with E-state index in [4.69, 9.17) is 5.73 Å². The summed E-state index contributed by atoms with van der Waals surface area (Å²) in [6.45, 7) is 10.0. The van der Waals surface area contributed by atoms with E-state index in [1.807, 2.05) is 0 Å². The second-order valence-corrected chi connectivity index (χ2v) is 3.79. The average Bonchev–Trinajstić information content (AvgIpc) is 2.17. The number of hydrogen-bond donors (Lipinski definition) is 1. The molecule has 2 nitrogen and oxygen atoms in total. The van der Waals surface area contributed by atoms with Gasteiger partial charge in [-0.25, -0.2) is 0 Å². The van der Waals surface area contributed by atoms with Crippen molar-refractivity contribution >= 4 is 0 Å². The molecule has 2 N–H and O–H groups in total. The molecule has 0 heterocycles. The largest absolute Gasteiger partial charge is 0.330 e. The molecule has 0 fully saturated rings. The van der Waals surface area contributed by atoms with E-state index in [9.17, 15) is 0 Å². The first kappa shape index (κ1) is 12.9. The van der Waals surface area contributed by atoms with Crippen LogP contribution >= 0.6 is 0 Å². The zero-order valence-corrected chi connectivity index (χ0v) is 9.55. The van der Waals surface area contributed by atoms with Crippen LogP contribution in [0.4, 0.5) is 0 Å². The van der Waals surface area contributed by atoms with E-state index in [2.05, 4.69) is 25.7 Å². The molecule has 0 aliphatic heterocycles. The van der Waals surface area contributed by atoms with Gasteiger partial charge in [-0.15, -0.1) is 0 Å². The molecule has 0 radical (unpaired) electrons. The molecule has 1 unspecified atom stereocenters. The number of nitrogens with zero attached hydrogens (tertiary/aromatic N) is 1. The van der Waals surface area contributed by atoms with Gasteiger partial charge in [0.15, 0.2) is 0 Å². The Labute approximate surface area is 83.5 Å². The van der Waals surface area contributed by atoms with E-state index in [0.29, 0.717) is 0 Å². The van der Waals surface area contributed by atoms with Gasteiger partial charge in [-0.2, -0.15) is 0 Å². The van der Waals surface area contributed by atoms with Crippen LogP contribution in [0.25, 0.3) is 0 Å². The minimum Gasteiger partial charge on any atom is -0.330 e. The lowest BCUT2D eigenvalue weighted by atomic mass is 10.2. The highest BCUT2D eigenvalue weighted by atomic mass is 15.1. The summed E-state index contributed by atoms with van der Waals surface area (Å²) in [6.07, 6.45) is 4.98. The third-order valence-electron chi connectivity index (χ3n) is 2.66. The molecule has 0 aromatic carbocycles. The van der Waals surface area contributed by atoms with Crippen LogP contribution in [0.3, 0.4) is 0 Å². The number of hydrogen-bond acceptors (Lipinski definition) is 2. The first-order valence-corrected chi connectivity index (χ1v) is 5.70. The Kier molecular flexibility index (Phi) is 8.46. The van der Waals surface area contributed by atoms with Gasteiger partial charge in [0.2, 0.25) is 0 Å². The molecule has 0 spiro atoms. The fraction of sp³-hybridized carbons (Fsp3) is 1.00. The standard InChI is InChI=1S/C11H26N2/c1-4-6-9-13(10-7-8-12)11(3)5-2/h11H,4-10,12H2,1-3H3. The summed E-state index contributed by atoms with van der Waals surface area (Å²) in [7, 11) is 0. The molecular formula is C11H26N2. The van der Waals surface area contributed by atoms with Gasteiger partial charge in [0, 0.05) is 6.04 Å². The second kappa shape index (κ2) is 8.52. The Morgan fingerprint density at radius 2 is 1.77 bits per heavy atom. The molecule has 80 valence electrons. The predicted octanol–water partition coefficient (Wildman–Crippen LogP) is 2.24. The number of nitrogens with two attached hydrogens (primary N) is 1. The molecule has 13 heavy (non-hydrogen) atoms. The van der Waals surface area contributed by atoms with Crippen molar-refractivity contribution in [3.63, 3.8) is 0 Å². The van der Waals surface area contributed by atoms with Crippen LogP contribution in [0.5, 0.6) is 0 Å². The highest BCUT2D eigenvalue weighted by Gasteiger charge is 2.09. The molecule has 2 heteroatoms. The Bertz CT molecular complexity index is 96.3. The van der Waals surface area contributed by atoms with E-state index >= 15 is 0 Å². The molecule has 0 saturated carbocycles. The highest BCUT2D eigenvalue weighted by Crippen LogP contribution is 2.05. The van der Waals surface area contributed by atoms with Crippen molar-refractivity contribution in [1.29, 1.82) is 0 Å². The smallest absolute Gasteiger partial charge is 0.00643 e. The van der Waals surface area contributed by atoms with Gasteiger partial charge in [0.05, 0.1) is 0 Å². The Balaban J connectivity index is 3.72. The van der Waals surface area contributed by atoms with Crippen molar-refractivity contribution in [3.8, 4) is 0 Å². The third-order valence-corrected chi connectivity index (χ3v) is 2.66. The van der Waals surface area contributed by atoms with Crippen molar-refractivity contribution in [2.45, 2.75) is 52.5 Å². The lowest BCUT2D eigenvalue weighted by Gasteiger charge is -2.28. The quantitative estimate of drug-likeness (QED) is 0.630. The van der Waals surface area contributed by atoms with Crippen LogP contribution in [0.1, 0.15) is 46.5 Å². The Hall–Kier alpha value is -0.0800. The van der Waals surface area contributed by atoms with E-state index in [1.165, 1.54) is 32.4 Å². The summed E-state index contributed by atoms with van der Waals surface area (Å²) in [5.74, 6) is 0. The van der Waals surface area contributed by atoms with E-state index in [0.717, 1.165) is 19.0 Å². The monoisotopic (exact) mass is 186 g/mol. The minimum atomic E-state index is 0.720. The van der Waals surface area contributed by atoms with Crippen LogP contribution in [-0.4, -0.2) is 30.6 Å². The van der Waals surface area contributed by atoms with E-state index in [-0.39, 0.29) is 0 Å². The molecule has 0 saturated heterocycles. The summed E-state index contributed by atoms with van der Waals surface area (Å²) in [5.41, 5.74) is 5.52. The zero-order chi connectivity index (χ0) is 10.1. The topological polar surface area (TPSA) is 29.3 Å². The molecule has 0 rings (SSSR count). The zero-order valence-electron chi connectivity index (χ0n) is 9.55. The average molecular weight is 186 g/mol. The van der Waals surface area contributed by atoms with Crippen LogP contribution in [0, 0.1) is 0 Å². The van der Waals surface area contributed by atoms with Gasteiger partial charge in [-0.1, -0.05) is 20.3 Å². The van der Waals surface area contributed by atoms with Crippen LogP contribution < -0.4 is 5.73 Å². The molecule has 0 aromatic heterocycles. The maximum Gasteiger partial charge on any atom is 0.00643 e. The van der Waals surface area contributed by atoms with Gasteiger partial charge >= 0.3 is 0 Å². The van der Waals surface area contributed by atoms with Crippen molar-refractivity contribution in [1.82, 2.24) is 4.90 Å². The molecule has 1 atom stereocenters. The molecule has 0 aromatic rings. The summed E-state index contributed by atoms with van der Waals surface area (Å²) in [5, 5.41) is 0. The summed E-state index contributed by atoms with van der Waals surface area (Å²) in [4.78, 5) is 2.57. The summed E-state index contributed by atoms with van der Waals surface area (Å²) >= 11 is 0. The van der Waals surface area contributed by atoms with Gasteiger partial charge in [-0.3, -0.25) is 0 Å². The van der Waals surface area contributed by atoms with Crippen molar-refractivity contribution in [2.75, 3.05) is 19.6 Å². The first-order valence-electron chi connectivity index (χ1n) is 5.70. The second-order valence-electron chi connectivity index (χ2n) is 3.79. The number of rotatable bonds is 8. The Morgan fingerprint density at radius 1 is 1.15 bits per heavy atom. The molecule has 0 aliphatic carbocycles. The normalized spacial score (nSPS) is 13.6. The van der Waals surface area contributed by atoms with Crippen molar-refractivity contribution in [2.24, 2.45) is 5.73 Å². The fourth-order valence-electron chi connectivity index (χ4n) is 1.47. The van der Waals surface area contributed by atoms with Crippen LogP contribution in [0.2, 0.25) is 0 Å². The molecule has 0 amide bonds. The van der Waals surface area contributed by atoms with E-state index < -0.39 is 0 Å². The van der Waals surface area contributed by atoms with Crippen molar-refractivity contribution in [3.05, 3.63) is 0 Å². The maximum absolute atomic E-state index is 5.52. The summed E-state index contributed by atoms with van der Waals surface area (Å²) in [6, 6.07) is 0.720. The molecular weight excluding hydrogens is 160 g/mol. The lowest BCUT2D eigenvalue weighted by Crippen LogP contribution is -2.35. The van der Waals surface area contributed by atoms with E-state index in [1.54, 1.807) is 0 Å². The lowest BCUT2D eigenvalue weighted by molar-refractivity contribution is 0.200. The predicted molar refractivity (Wildman–Crippen MR) is 59.9 cm³/mol. The van der Waals surface area contributed by atoms with Crippen LogP contribution in [-0.2, 0) is 0 Å². The molecule has 0 bridgehead atoms. The highest BCUT2D eigenvalue weighted by molar-refractivity contribution is 4.65. The van der Waals surface area contributed by atoms with Gasteiger partial charge in [0.1, 0.15) is 0 Å².